The lowest BCUT2D eigenvalue weighted by molar-refractivity contribution is 0.0143. The Morgan fingerprint density at radius 2 is 1.77 bits per heavy atom. The lowest BCUT2D eigenvalue weighted by Crippen LogP contribution is -2.40. The van der Waals surface area contributed by atoms with Crippen LogP contribution in [0, 0.1) is 6.92 Å². The molecular formula is C28H30N4O3. The number of aromatic nitrogens is 3. The number of rotatable bonds is 5. The van der Waals surface area contributed by atoms with Gasteiger partial charge in [0.2, 0.25) is 0 Å². The van der Waals surface area contributed by atoms with E-state index in [2.05, 4.69) is 4.98 Å². The molecule has 0 radical (unpaired) electrons. The van der Waals surface area contributed by atoms with Gasteiger partial charge in [-0.3, -0.25) is 19.2 Å². The fraction of sp³-hybridized carbons (Fsp3) is 0.286. The molecule has 7 nitrogen and oxygen atoms in total. The molecule has 2 heterocycles. The number of ether oxygens (including phenoxy) is 1. The first-order valence-electron chi connectivity index (χ1n) is 11.6. The number of carbonyl (C=O) groups excluding carboxylic acids is 1. The number of aryl methyl sites for hydroxylation is 1. The van der Waals surface area contributed by atoms with Crippen LogP contribution in [0.3, 0.4) is 0 Å². The maximum Gasteiger partial charge on any atom is 0.411 e. The number of para-hydroxylation sites is 1. The van der Waals surface area contributed by atoms with Crippen molar-refractivity contribution in [3.05, 3.63) is 100 Å². The Morgan fingerprint density at radius 3 is 2.43 bits per heavy atom. The summed E-state index contributed by atoms with van der Waals surface area (Å²) in [4.78, 5) is 37.7. The van der Waals surface area contributed by atoms with E-state index >= 15 is 0 Å². The molecule has 1 unspecified atom stereocenters. The van der Waals surface area contributed by atoms with Gasteiger partial charge in [0.15, 0.2) is 0 Å². The summed E-state index contributed by atoms with van der Waals surface area (Å²) in [5.74, 6) is 0.451. The Kier molecular flexibility index (Phi) is 6.69. The molecule has 0 aliphatic carbocycles. The van der Waals surface area contributed by atoms with Crippen molar-refractivity contribution in [1.29, 1.82) is 0 Å². The van der Waals surface area contributed by atoms with Gasteiger partial charge in [-0.05, 0) is 70.5 Å². The lowest BCUT2D eigenvalue weighted by Gasteiger charge is -2.32. The number of hydrogen-bond donors (Lipinski definition) is 0. The monoisotopic (exact) mass is 470 g/mol. The summed E-state index contributed by atoms with van der Waals surface area (Å²) in [6, 6.07) is 18.1. The second-order valence-electron chi connectivity index (χ2n) is 9.61. The van der Waals surface area contributed by atoms with Crippen molar-refractivity contribution in [2.75, 3.05) is 0 Å². The Balaban J connectivity index is 1.89. The summed E-state index contributed by atoms with van der Waals surface area (Å²) < 4.78 is 7.34. The van der Waals surface area contributed by atoms with E-state index in [-0.39, 0.29) is 12.1 Å². The van der Waals surface area contributed by atoms with Crippen LogP contribution in [0.5, 0.6) is 0 Å². The van der Waals surface area contributed by atoms with Crippen LogP contribution < -0.4 is 5.56 Å². The number of benzene rings is 2. The predicted octanol–water partition coefficient (Wildman–Crippen LogP) is 5.59. The van der Waals surface area contributed by atoms with Crippen molar-refractivity contribution in [2.45, 2.75) is 52.8 Å². The number of fused-ring (bicyclic) bond motifs is 1. The number of nitrogens with zero attached hydrogens (tertiary/aromatic N) is 4. The minimum absolute atomic E-state index is 0.188. The summed E-state index contributed by atoms with van der Waals surface area (Å²) in [5.41, 5.74) is 2.32. The molecule has 1 atom stereocenters. The van der Waals surface area contributed by atoms with Crippen LogP contribution in [-0.2, 0) is 11.3 Å². The molecule has 1 amide bonds. The average Bonchev–Trinajstić information content (AvgIpc) is 2.82. The molecule has 0 aliphatic rings. The van der Waals surface area contributed by atoms with Gasteiger partial charge in [-0.1, -0.05) is 35.9 Å². The molecule has 0 aliphatic heterocycles. The van der Waals surface area contributed by atoms with Crippen molar-refractivity contribution in [3.63, 3.8) is 0 Å². The normalized spacial score (nSPS) is 12.4. The first-order valence-corrected chi connectivity index (χ1v) is 11.6. The third-order valence-corrected chi connectivity index (χ3v) is 5.64. The number of hydrogen-bond acceptors (Lipinski definition) is 5. The second-order valence-corrected chi connectivity index (χ2v) is 9.61. The van der Waals surface area contributed by atoms with Gasteiger partial charge in [0.1, 0.15) is 11.4 Å². The van der Waals surface area contributed by atoms with E-state index < -0.39 is 17.7 Å². The van der Waals surface area contributed by atoms with Crippen molar-refractivity contribution in [3.8, 4) is 5.69 Å². The SMILES string of the molecule is Cc1ccc(-n2c(C(C)N(Cc3cccnc3)C(=O)OC(C)(C)C)nc3ccccc3c2=O)cc1. The molecule has 0 N–H and O–H groups in total. The molecule has 7 heteroatoms. The highest BCUT2D eigenvalue weighted by molar-refractivity contribution is 5.78. The van der Waals surface area contributed by atoms with E-state index in [1.54, 1.807) is 27.9 Å². The van der Waals surface area contributed by atoms with Gasteiger partial charge in [-0.25, -0.2) is 9.78 Å². The number of amides is 1. The topological polar surface area (TPSA) is 77.3 Å². The molecule has 4 rings (SSSR count). The zero-order valence-corrected chi connectivity index (χ0v) is 20.7. The summed E-state index contributed by atoms with van der Waals surface area (Å²) in [7, 11) is 0. The minimum Gasteiger partial charge on any atom is -0.444 e. The zero-order valence-electron chi connectivity index (χ0n) is 20.7. The van der Waals surface area contributed by atoms with Gasteiger partial charge in [0.05, 0.1) is 29.2 Å². The molecular weight excluding hydrogens is 440 g/mol. The van der Waals surface area contributed by atoms with E-state index in [0.29, 0.717) is 22.4 Å². The van der Waals surface area contributed by atoms with Gasteiger partial charge in [-0.15, -0.1) is 0 Å². The molecule has 0 fully saturated rings. The smallest absolute Gasteiger partial charge is 0.411 e. The van der Waals surface area contributed by atoms with Gasteiger partial charge in [-0.2, -0.15) is 0 Å². The van der Waals surface area contributed by atoms with Crippen LogP contribution in [0.2, 0.25) is 0 Å². The highest BCUT2D eigenvalue weighted by Gasteiger charge is 2.30. The van der Waals surface area contributed by atoms with Gasteiger partial charge < -0.3 is 4.74 Å². The molecule has 0 spiro atoms. The Bertz CT molecular complexity index is 1390. The van der Waals surface area contributed by atoms with Crippen LogP contribution in [0.25, 0.3) is 16.6 Å². The summed E-state index contributed by atoms with van der Waals surface area (Å²) in [5, 5.41) is 0.514. The van der Waals surface area contributed by atoms with E-state index in [9.17, 15) is 9.59 Å². The fourth-order valence-electron chi connectivity index (χ4n) is 3.88. The van der Waals surface area contributed by atoms with Gasteiger partial charge in [0.25, 0.3) is 5.56 Å². The molecule has 2 aromatic heterocycles. The van der Waals surface area contributed by atoms with Crippen LogP contribution in [0.4, 0.5) is 4.79 Å². The Hall–Kier alpha value is -4.00. The highest BCUT2D eigenvalue weighted by Crippen LogP contribution is 2.26. The summed E-state index contributed by atoms with van der Waals surface area (Å²) in [6.45, 7) is 9.59. The zero-order chi connectivity index (χ0) is 25.2. The molecule has 0 saturated carbocycles. The minimum atomic E-state index is -0.683. The Morgan fingerprint density at radius 1 is 1.06 bits per heavy atom. The molecule has 0 bridgehead atoms. The third kappa shape index (κ3) is 5.40. The molecule has 4 aromatic rings. The summed E-state index contributed by atoms with van der Waals surface area (Å²) >= 11 is 0. The number of pyridine rings is 1. The molecule has 2 aromatic carbocycles. The predicted molar refractivity (Wildman–Crippen MR) is 137 cm³/mol. The first-order chi connectivity index (χ1) is 16.6. The number of carbonyl (C=O) groups is 1. The average molecular weight is 471 g/mol. The molecule has 0 saturated heterocycles. The van der Waals surface area contributed by atoms with E-state index in [0.717, 1.165) is 11.1 Å². The fourth-order valence-corrected chi connectivity index (χ4v) is 3.88. The quantitative estimate of drug-likeness (QED) is 0.380. The van der Waals surface area contributed by atoms with Crippen LogP contribution in [0.15, 0.2) is 77.9 Å². The van der Waals surface area contributed by atoms with Crippen molar-refractivity contribution >= 4 is 17.0 Å². The maximum atomic E-state index is 13.7. The Labute approximate surface area is 205 Å². The van der Waals surface area contributed by atoms with Gasteiger partial charge >= 0.3 is 6.09 Å². The first kappa shape index (κ1) is 24.1. The molecule has 180 valence electrons. The van der Waals surface area contributed by atoms with Gasteiger partial charge in [0, 0.05) is 12.4 Å². The van der Waals surface area contributed by atoms with Crippen molar-refractivity contribution in [1.82, 2.24) is 19.4 Å². The highest BCUT2D eigenvalue weighted by atomic mass is 16.6. The van der Waals surface area contributed by atoms with Crippen LogP contribution in [0.1, 0.15) is 50.7 Å². The van der Waals surface area contributed by atoms with E-state index in [4.69, 9.17) is 9.72 Å². The standard InChI is InChI=1S/C28H30N4O3/c1-19-12-14-22(15-13-19)32-25(30-24-11-7-6-10-23(24)26(32)33)20(2)31(27(34)35-28(3,4)5)18-21-9-8-16-29-17-21/h6-17,20H,18H2,1-5H3. The molecule has 35 heavy (non-hydrogen) atoms. The third-order valence-electron chi connectivity index (χ3n) is 5.64. The maximum absolute atomic E-state index is 13.7. The lowest BCUT2D eigenvalue weighted by atomic mass is 10.1. The largest absolute Gasteiger partial charge is 0.444 e. The second kappa shape index (κ2) is 9.70. The van der Waals surface area contributed by atoms with E-state index in [1.165, 1.54) is 0 Å². The van der Waals surface area contributed by atoms with Crippen LogP contribution >= 0.6 is 0 Å². The van der Waals surface area contributed by atoms with Crippen molar-refractivity contribution < 1.29 is 9.53 Å². The van der Waals surface area contributed by atoms with E-state index in [1.807, 2.05) is 89.2 Å². The summed E-state index contributed by atoms with van der Waals surface area (Å²) in [6.07, 6.45) is 2.90. The van der Waals surface area contributed by atoms with Crippen molar-refractivity contribution in [2.24, 2.45) is 0 Å². The van der Waals surface area contributed by atoms with Crippen LogP contribution in [-0.4, -0.2) is 31.1 Å².